The predicted molar refractivity (Wildman–Crippen MR) is 73.4 cm³/mol. The van der Waals surface area contributed by atoms with Crippen molar-refractivity contribution in [2.24, 2.45) is 5.73 Å². The van der Waals surface area contributed by atoms with Crippen LogP contribution in [0.5, 0.6) is 0 Å². The zero-order chi connectivity index (χ0) is 14.7. The molecule has 0 radical (unpaired) electrons. The molecule has 0 aromatic heterocycles. The number of aromatic carboxylic acids is 1. The summed E-state index contributed by atoms with van der Waals surface area (Å²) in [6.45, 7) is 0. The average Bonchev–Trinajstić information content (AvgIpc) is 2.46. The highest BCUT2D eigenvalue weighted by Crippen LogP contribution is 2.22. The summed E-state index contributed by atoms with van der Waals surface area (Å²) in [6.07, 6.45) is 0. The van der Waals surface area contributed by atoms with Crippen LogP contribution in [0.1, 0.15) is 22.0 Å². The van der Waals surface area contributed by atoms with Gasteiger partial charge in [-0.25, -0.2) is 4.79 Å². The van der Waals surface area contributed by atoms with E-state index in [4.69, 9.17) is 15.9 Å². The van der Waals surface area contributed by atoms with Gasteiger partial charge in [0.2, 0.25) is 0 Å². The summed E-state index contributed by atoms with van der Waals surface area (Å²) < 4.78 is 0. The van der Waals surface area contributed by atoms with Crippen LogP contribution >= 0.6 is 0 Å². The molecule has 2 aromatic rings. The maximum atomic E-state index is 10.8. The molecule has 0 saturated carbocycles. The van der Waals surface area contributed by atoms with E-state index < -0.39 is 18.0 Å². The summed E-state index contributed by atoms with van der Waals surface area (Å²) in [6, 6.07) is 12.2. The molecule has 2 aromatic carbocycles. The number of aliphatic carboxylic acids is 1. The highest BCUT2D eigenvalue weighted by atomic mass is 16.4. The number of benzene rings is 2. The molecule has 102 valence electrons. The van der Waals surface area contributed by atoms with Gasteiger partial charge in [0.25, 0.3) is 0 Å². The monoisotopic (exact) mass is 271 g/mol. The van der Waals surface area contributed by atoms with Crippen LogP contribution in [0.3, 0.4) is 0 Å². The standard InChI is InChI=1S/C15H13NO4/c16-13(15(19)20)11-5-1-9(2-6-11)10-3-7-12(8-4-10)14(17)18/h1-8,13H,16H2,(H,17,18)(H,19,20). The van der Waals surface area contributed by atoms with E-state index in [-0.39, 0.29) is 5.56 Å². The number of carboxylic acid groups (broad SMARTS) is 2. The van der Waals surface area contributed by atoms with Gasteiger partial charge < -0.3 is 15.9 Å². The molecule has 0 saturated heterocycles. The maximum Gasteiger partial charge on any atom is 0.335 e. The Morgan fingerprint density at radius 2 is 1.30 bits per heavy atom. The minimum absolute atomic E-state index is 0.221. The van der Waals surface area contributed by atoms with Crippen molar-refractivity contribution in [1.82, 2.24) is 0 Å². The molecule has 2 rings (SSSR count). The molecule has 0 aliphatic heterocycles. The molecule has 4 N–H and O–H groups in total. The number of rotatable bonds is 4. The van der Waals surface area contributed by atoms with Crippen molar-refractivity contribution in [3.8, 4) is 11.1 Å². The van der Waals surface area contributed by atoms with Gasteiger partial charge >= 0.3 is 11.9 Å². The van der Waals surface area contributed by atoms with Crippen LogP contribution in [-0.2, 0) is 4.79 Å². The molecular weight excluding hydrogens is 258 g/mol. The third-order valence-electron chi connectivity index (χ3n) is 3.00. The van der Waals surface area contributed by atoms with Crippen molar-refractivity contribution >= 4 is 11.9 Å². The number of hydrogen-bond donors (Lipinski definition) is 3. The van der Waals surface area contributed by atoms with Crippen LogP contribution in [0.4, 0.5) is 0 Å². The molecule has 0 bridgehead atoms. The van der Waals surface area contributed by atoms with Crippen LogP contribution in [0.15, 0.2) is 48.5 Å². The lowest BCUT2D eigenvalue weighted by atomic mass is 10.0. The van der Waals surface area contributed by atoms with E-state index in [1.54, 1.807) is 36.4 Å². The molecule has 0 heterocycles. The number of carboxylic acids is 2. The second-order valence-corrected chi connectivity index (χ2v) is 4.32. The Bertz CT molecular complexity index is 632. The van der Waals surface area contributed by atoms with Crippen molar-refractivity contribution in [3.05, 3.63) is 59.7 Å². The SMILES string of the molecule is NC(C(=O)O)c1ccc(-c2ccc(C(=O)O)cc2)cc1. The van der Waals surface area contributed by atoms with Crippen molar-refractivity contribution < 1.29 is 19.8 Å². The van der Waals surface area contributed by atoms with Crippen LogP contribution in [0, 0.1) is 0 Å². The second-order valence-electron chi connectivity index (χ2n) is 4.32. The second kappa shape index (κ2) is 5.54. The van der Waals surface area contributed by atoms with Gasteiger partial charge in [-0.1, -0.05) is 36.4 Å². The first-order chi connectivity index (χ1) is 9.49. The fourth-order valence-electron chi connectivity index (χ4n) is 1.83. The Kier molecular flexibility index (Phi) is 3.81. The van der Waals surface area contributed by atoms with E-state index >= 15 is 0 Å². The van der Waals surface area contributed by atoms with Crippen molar-refractivity contribution in [2.45, 2.75) is 6.04 Å². The van der Waals surface area contributed by atoms with Gasteiger partial charge in [0, 0.05) is 0 Å². The minimum Gasteiger partial charge on any atom is -0.480 e. The highest BCUT2D eigenvalue weighted by molar-refractivity contribution is 5.88. The molecule has 1 atom stereocenters. The summed E-state index contributed by atoms with van der Waals surface area (Å²) in [5.41, 5.74) is 7.97. The molecule has 5 nitrogen and oxygen atoms in total. The third-order valence-corrected chi connectivity index (χ3v) is 3.00. The normalized spacial score (nSPS) is 11.8. The van der Waals surface area contributed by atoms with Gasteiger partial charge in [-0.05, 0) is 28.8 Å². The Balaban J connectivity index is 2.25. The van der Waals surface area contributed by atoms with Gasteiger partial charge in [0.15, 0.2) is 0 Å². The van der Waals surface area contributed by atoms with Gasteiger partial charge in [-0.2, -0.15) is 0 Å². The molecule has 0 aliphatic carbocycles. The topological polar surface area (TPSA) is 101 Å². The van der Waals surface area contributed by atoms with E-state index in [0.29, 0.717) is 5.56 Å². The molecule has 20 heavy (non-hydrogen) atoms. The Morgan fingerprint density at radius 3 is 1.70 bits per heavy atom. The Morgan fingerprint density at radius 1 is 0.850 bits per heavy atom. The molecule has 0 aliphatic rings. The fourth-order valence-corrected chi connectivity index (χ4v) is 1.83. The van der Waals surface area contributed by atoms with Crippen LogP contribution in [0.2, 0.25) is 0 Å². The van der Waals surface area contributed by atoms with Gasteiger partial charge in [0.1, 0.15) is 6.04 Å². The van der Waals surface area contributed by atoms with E-state index in [1.807, 2.05) is 0 Å². The van der Waals surface area contributed by atoms with Crippen LogP contribution in [-0.4, -0.2) is 22.2 Å². The molecule has 0 spiro atoms. The zero-order valence-electron chi connectivity index (χ0n) is 10.5. The minimum atomic E-state index is -1.08. The van der Waals surface area contributed by atoms with Gasteiger partial charge in [-0.3, -0.25) is 4.79 Å². The Hall–Kier alpha value is -2.66. The summed E-state index contributed by atoms with van der Waals surface area (Å²) >= 11 is 0. The quantitative estimate of drug-likeness (QED) is 0.790. The van der Waals surface area contributed by atoms with E-state index in [1.165, 1.54) is 12.1 Å². The first kappa shape index (κ1) is 13.8. The van der Waals surface area contributed by atoms with Crippen LogP contribution in [0.25, 0.3) is 11.1 Å². The summed E-state index contributed by atoms with van der Waals surface area (Å²) in [5.74, 6) is -2.05. The van der Waals surface area contributed by atoms with E-state index in [2.05, 4.69) is 0 Å². The van der Waals surface area contributed by atoms with E-state index in [9.17, 15) is 9.59 Å². The Labute approximate surface area is 115 Å². The smallest absolute Gasteiger partial charge is 0.335 e. The largest absolute Gasteiger partial charge is 0.480 e. The number of carbonyl (C=O) groups is 2. The summed E-state index contributed by atoms with van der Waals surface area (Å²) in [4.78, 5) is 21.5. The highest BCUT2D eigenvalue weighted by Gasteiger charge is 2.13. The number of hydrogen-bond acceptors (Lipinski definition) is 3. The lowest BCUT2D eigenvalue weighted by Crippen LogP contribution is -2.20. The molecule has 0 fully saturated rings. The van der Waals surface area contributed by atoms with Crippen molar-refractivity contribution in [1.29, 1.82) is 0 Å². The van der Waals surface area contributed by atoms with Crippen molar-refractivity contribution in [2.75, 3.05) is 0 Å². The average molecular weight is 271 g/mol. The first-order valence-corrected chi connectivity index (χ1v) is 5.91. The molecular formula is C15H13NO4. The van der Waals surface area contributed by atoms with Crippen molar-refractivity contribution in [3.63, 3.8) is 0 Å². The fraction of sp³-hybridized carbons (Fsp3) is 0.0667. The van der Waals surface area contributed by atoms with Crippen LogP contribution < -0.4 is 5.73 Å². The molecule has 5 heteroatoms. The summed E-state index contributed by atoms with van der Waals surface area (Å²) in [5, 5.41) is 17.6. The number of nitrogens with two attached hydrogens (primary N) is 1. The lowest BCUT2D eigenvalue weighted by Gasteiger charge is -2.08. The first-order valence-electron chi connectivity index (χ1n) is 5.91. The summed E-state index contributed by atoms with van der Waals surface area (Å²) in [7, 11) is 0. The molecule has 1 unspecified atom stereocenters. The van der Waals surface area contributed by atoms with E-state index in [0.717, 1.165) is 11.1 Å². The lowest BCUT2D eigenvalue weighted by molar-refractivity contribution is -0.138. The van der Waals surface area contributed by atoms with Gasteiger partial charge in [-0.15, -0.1) is 0 Å². The zero-order valence-corrected chi connectivity index (χ0v) is 10.5. The van der Waals surface area contributed by atoms with Gasteiger partial charge in [0.05, 0.1) is 5.56 Å². The maximum absolute atomic E-state index is 10.8. The third kappa shape index (κ3) is 2.84. The predicted octanol–water partition coefficient (Wildman–Crippen LogP) is 2.14. The molecule has 0 amide bonds.